The van der Waals surface area contributed by atoms with E-state index in [1.807, 2.05) is 13.0 Å². The van der Waals surface area contributed by atoms with Crippen molar-refractivity contribution >= 4 is 40.3 Å². The summed E-state index contributed by atoms with van der Waals surface area (Å²) in [5.41, 5.74) is 1.55. The smallest absolute Gasteiger partial charge is 0.204 e. The topological polar surface area (TPSA) is 17.1 Å². The molecule has 0 unspecified atom stereocenters. The predicted octanol–water partition coefficient (Wildman–Crippen LogP) is 4.59. The number of hydrogen-bond donors (Lipinski definition) is 0. The number of carbonyl (C=O) groups excluding carboxylic acids is 1. The zero-order valence-corrected chi connectivity index (χ0v) is 10.8. The van der Waals surface area contributed by atoms with Gasteiger partial charge in [0.15, 0.2) is 0 Å². The third-order valence-corrected chi connectivity index (χ3v) is 3.71. The normalized spacial score (nSPS) is 10.4. The molecule has 4 heteroatoms. The molecular weight excluding hydrogens is 263 g/mol. The molecule has 1 nitrogen and oxygen atoms in total. The average molecular weight is 271 g/mol. The molecule has 1 aromatic carbocycles. The van der Waals surface area contributed by atoms with Gasteiger partial charge < -0.3 is 0 Å². The highest BCUT2D eigenvalue weighted by molar-refractivity contribution is 7.18. The van der Waals surface area contributed by atoms with Crippen LogP contribution in [0.5, 0.6) is 0 Å². The summed E-state index contributed by atoms with van der Waals surface area (Å²) in [6, 6.07) is 8.82. The fraction of sp³-hybridized carbons (Fsp3) is 0.0833. The van der Waals surface area contributed by atoms with E-state index >= 15 is 0 Å². The minimum absolute atomic E-state index is 0.0816. The van der Waals surface area contributed by atoms with Crippen molar-refractivity contribution in [1.29, 1.82) is 0 Å². The zero-order chi connectivity index (χ0) is 11.7. The van der Waals surface area contributed by atoms with Crippen molar-refractivity contribution in [3.05, 3.63) is 55.7 Å². The van der Waals surface area contributed by atoms with Gasteiger partial charge in [-0.1, -0.05) is 29.3 Å². The maximum absolute atomic E-state index is 12.1. The molecule has 0 N–H and O–H groups in total. The van der Waals surface area contributed by atoms with E-state index in [-0.39, 0.29) is 5.78 Å². The van der Waals surface area contributed by atoms with Crippen molar-refractivity contribution in [1.82, 2.24) is 0 Å². The number of carbonyl (C=O) groups is 1. The van der Waals surface area contributed by atoms with Gasteiger partial charge in [0.25, 0.3) is 0 Å². The summed E-state index contributed by atoms with van der Waals surface area (Å²) in [4.78, 5) is 12.7. The minimum Gasteiger partial charge on any atom is -0.288 e. The highest BCUT2D eigenvalue weighted by Gasteiger charge is 2.14. The van der Waals surface area contributed by atoms with E-state index in [2.05, 4.69) is 0 Å². The van der Waals surface area contributed by atoms with Crippen LogP contribution in [0, 0.1) is 6.92 Å². The Kier molecular flexibility index (Phi) is 3.33. The van der Waals surface area contributed by atoms with Gasteiger partial charge in [-0.3, -0.25) is 4.79 Å². The van der Waals surface area contributed by atoms with Crippen molar-refractivity contribution < 1.29 is 4.79 Å². The second-order valence-corrected chi connectivity index (χ2v) is 5.54. The van der Waals surface area contributed by atoms with Crippen LogP contribution in [0.25, 0.3) is 0 Å². The Morgan fingerprint density at radius 3 is 2.50 bits per heavy atom. The third-order valence-electron chi connectivity index (χ3n) is 2.17. The zero-order valence-electron chi connectivity index (χ0n) is 8.46. The number of aryl methyl sites for hydroxylation is 1. The summed E-state index contributed by atoms with van der Waals surface area (Å²) >= 11 is 13.1. The molecule has 0 saturated carbocycles. The van der Waals surface area contributed by atoms with Crippen LogP contribution in [0.4, 0.5) is 0 Å². The van der Waals surface area contributed by atoms with Crippen molar-refractivity contribution in [3.8, 4) is 0 Å². The summed E-state index contributed by atoms with van der Waals surface area (Å²) in [5, 5.41) is 0.481. The number of halogens is 2. The maximum Gasteiger partial charge on any atom is 0.204 e. The van der Waals surface area contributed by atoms with Gasteiger partial charge in [0.05, 0.1) is 14.2 Å². The van der Waals surface area contributed by atoms with Crippen LogP contribution in [0.2, 0.25) is 9.36 Å². The fourth-order valence-electron chi connectivity index (χ4n) is 1.37. The van der Waals surface area contributed by atoms with Gasteiger partial charge in [-0.2, -0.15) is 0 Å². The Morgan fingerprint density at radius 2 is 1.94 bits per heavy atom. The molecule has 16 heavy (non-hydrogen) atoms. The molecule has 0 fully saturated rings. The standard InChI is InChI=1S/C12H8Cl2OS/c1-7-2-3-8(9(13)6-7)12(15)10-4-5-11(14)16-10/h2-6H,1H3. The van der Waals surface area contributed by atoms with E-state index in [0.29, 0.717) is 19.8 Å². The first-order valence-electron chi connectivity index (χ1n) is 4.64. The van der Waals surface area contributed by atoms with E-state index in [1.165, 1.54) is 11.3 Å². The van der Waals surface area contributed by atoms with Crippen LogP contribution in [0.3, 0.4) is 0 Å². The molecular formula is C12H8Cl2OS. The molecule has 2 rings (SSSR count). The van der Waals surface area contributed by atoms with E-state index in [1.54, 1.807) is 24.3 Å². The predicted molar refractivity (Wildman–Crippen MR) is 69.0 cm³/mol. The van der Waals surface area contributed by atoms with Crippen LogP contribution in [0.1, 0.15) is 20.8 Å². The van der Waals surface area contributed by atoms with Gasteiger partial charge in [-0.15, -0.1) is 11.3 Å². The van der Waals surface area contributed by atoms with Crippen molar-refractivity contribution in [2.75, 3.05) is 0 Å². The van der Waals surface area contributed by atoms with E-state index in [4.69, 9.17) is 23.2 Å². The van der Waals surface area contributed by atoms with Crippen LogP contribution >= 0.6 is 34.5 Å². The van der Waals surface area contributed by atoms with Gasteiger partial charge >= 0.3 is 0 Å². The summed E-state index contributed by atoms with van der Waals surface area (Å²) in [7, 11) is 0. The second kappa shape index (κ2) is 4.58. The monoisotopic (exact) mass is 270 g/mol. The van der Waals surface area contributed by atoms with Gasteiger partial charge in [-0.05, 0) is 36.8 Å². The molecule has 1 aromatic heterocycles. The Morgan fingerprint density at radius 1 is 1.19 bits per heavy atom. The molecule has 2 aromatic rings. The van der Waals surface area contributed by atoms with E-state index in [0.717, 1.165) is 5.56 Å². The van der Waals surface area contributed by atoms with E-state index in [9.17, 15) is 4.79 Å². The highest BCUT2D eigenvalue weighted by Crippen LogP contribution is 2.27. The maximum atomic E-state index is 12.1. The molecule has 0 aliphatic rings. The molecule has 1 heterocycles. The summed E-state index contributed by atoms with van der Waals surface area (Å²) in [6.45, 7) is 1.93. The SMILES string of the molecule is Cc1ccc(C(=O)c2ccc(Cl)s2)c(Cl)c1. The van der Waals surface area contributed by atoms with Gasteiger partial charge in [0.1, 0.15) is 0 Å². The lowest BCUT2D eigenvalue weighted by molar-refractivity contribution is 0.104. The largest absolute Gasteiger partial charge is 0.288 e. The number of benzene rings is 1. The molecule has 0 saturated heterocycles. The Balaban J connectivity index is 2.41. The second-order valence-electron chi connectivity index (χ2n) is 3.42. The summed E-state index contributed by atoms with van der Waals surface area (Å²) in [5.74, 6) is -0.0816. The van der Waals surface area contributed by atoms with Gasteiger partial charge in [0.2, 0.25) is 5.78 Å². The fourth-order valence-corrected chi connectivity index (χ4v) is 2.69. The van der Waals surface area contributed by atoms with Crippen molar-refractivity contribution in [2.45, 2.75) is 6.92 Å². The van der Waals surface area contributed by atoms with Crippen molar-refractivity contribution in [3.63, 3.8) is 0 Å². The first-order valence-corrected chi connectivity index (χ1v) is 6.21. The molecule has 0 bridgehead atoms. The summed E-state index contributed by atoms with van der Waals surface area (Å²) < 4.78 is 0.603. The lowest BCUT2D eigenvalue weighted by Gasteiger charge is -2.02. The van der Waals surface area contributed by atoms with Crippen LogP contribution in [0.15, 0.2) is 30.3 Å². The van der Waals surface area contributed by atoms with Crippen LogP contribution < -0.4 is 0 Å². The molecule has 0 aliphatic heterocycles. The van der Waals surface area contributed by atoms with Gasteiger partial charge in [0, 0.05) is 5.56 Å². The molecule has 82 valence electrons. The highest BCUT2D eigenvalue weighted by atomic mass is 35.5. The minimum atomic E-state index is -0.0816. The average Bonchev–Trinajstić information content (AvgIpc) is 2.64. The number of thiophene rings is 1. The van der Waals surface area contributed by atoms with Crippen molar-refractivity contribution in [2.24, 2.45) is 0 Å². The number of rotatable bonds is 2. The molecule has 0 amide bonds. The number of ketones is 1. The lowest BCUT2D eigenvalue weighted by Crippen LogP contribution is -1.99. The Hall–Kier alpha value is -0.830. The molecule has 0 atom stereocenters. The number of hydrogen-bond acceptors (Lipinski definition) is 2. The lowest BCUT2D eigenvalue weighted by atomic mass is 10.1. The first-order chi connectivity index (χ1) is 7.58. The quantitative estimate of drug-likeness (QED) is 0.730. The van der Waals surface area contributed by atoms with Crippen LogP contribution in [-0.2, 0) is 0 Å². The molecule has 0 spiro atoms. The molecule has 0 radical (unpaired) electrons. The third kappa shape index (κ3) is 2.29. The van der Waals surface area contributed by atoms with E-state index < -0.39 is 0 Å². The Labute approximate surface area is 108 Å². The molecule has 0 aliphatic carbocycles. The van der Waals surface area contributed by atoms with Gasteiger partial charge in [-0.25, -0.2) is 0 Å². The summed E-state index contributed by atoms with van der Waals surface area (Å²) in [6.07, 6.45) is 0. The van der Waals surface area contributed by atoms with Crippen LogP contribution in [-0.4, -0.2) is 5.78 Å². The first kappa shape index (κ1) is 11.6. The Bertz CT molecular complexity index is 546.